The minimum absolute atomic E-state index is 0.0839. The molecule has 3 N–H and O–H groups in total. The lowest BCUT2D eigenvalue weighted by Gasteiger charge is -2.08. The Bertz CT molecular complexity index is 159. The summed E-state index contributed by atoms with van der Waals surface area (Å²) in [5.41, 5.74) is 5.28. The molecule has 0 fully saturated rings. The molecule has 0 aromatic rings. The van der Waals surface area contributed by atoms with Gasteiger partial charge >= 0.3 is 0 Å². The second-order valence-electron chi connectivity index (χ2n) is 2.42. The summed E-state index contributed by atoms with van der Waals surface area (Å²) in [7, 11) is 0. The summed E-state index contributed by atoms with van der Waals surface area (Å²) >= 11 is 4.66. The van der Waals surface area contributed by atoms with Gasteiger partial charge in [-0.25, -0.2) is 0 Å². The summed E-state index contributed by atoms with van der Waals surface area (Å²) < 4.78 is 0. The van der Waals surface area contributed by atoms with Crippen molar-refractivity contribution in [2.45, 2.75) is 20.3 Å². The van der Waals surface area contributed by atoms with Gasteiger partial charge in [-0.3, -0.25) is 4.79 Å². The molecule has 0 radical (unpaired) electrons. The van der Waals surface area contributed by atoms with Crippen molar-refractivity contribution in [1.29, 1.82) is 0 Å². The lowest BCUT2D eigenvalue weighted by atomic mass is 10.1. The normalized spacial score (nSPS) is 12.2. The Morgan fingerprint density at radius 2 is 2.27 bits per heavy atom. The van der Waals surface area contributed by atoms with E-state index in [4.69, 9.17) is 5.73 Å². The number of hydrogen-bond acceptors (Lipinski definition) is 2. The van der Waals surface area contributed by atoms with Crippen LogP contribution < -0.4 is 11.1 Å². The highest BCUT2D eigenvalue weighted by molar-refractivity contribution is 7.80. The van der Waals surface area contributed by atoms with E-state index in [0.29, 0.717) is 6.54 Å². The Hall–Kier alpha value is -0.640. The topological polar surface area (TPSA) is 55.1 Å². The SMILES string of the molecule is CCCNC(=O)C(C)C(N)=S. The number of thiocarbonyl (C=S) groups is 1. The van der Waals surface area contributed by atoms with Crippen molar-refractivity contribution in [2.24, 2.45) is 11.7 Å². The van der Waals surface area contributed by atoms with E-state index in [9.17, 15) is 4.79 Å². The van der Waals surface area contributed by atoms with Crippen molar-refractivity contribution in [3.8, 4) is 0 Å². The smallest absolute Gasteiger partial charge is 0.229 e. The summed E-state index contributed by atoms with van der Waals surface area (Å²) in [5.74, 6) is -0.434. The monoisotopic (exact) mass is 174 g/mol. The van der Waals surface area contributed by atoms with Crippen LogP contribution in [0, 0.1) is 5.92 Å². The second-order valence-corrected chi connectivity index (χ2v) is 2.89. The van der Waals surface area contributed by atoms with E-state index >= 15 is 0 Å². The molecule has 0 saturated carbocycles. The predicted molar refractivity (Wildman–Crippen MR) is 49.3 cm³/mol. The summed E-state index contributed by atoms with van der Waals surface area (Å²) in [6.45, 7) is 4.38. The van der Waals surface area contributed by atoms with Crippen molar-refractivity contribution >= 4 is 23.1 Å². The van der Waals surface area contributed by atoms with Gasteiger partial charge in [0.25, 0.3) is 0 Å². The summed E-state index contributed by atoms with van der Waals surface area (Å²) in [5, 5.41) is 2.71. The predicted octanol–water partition coefficient (Wildman–Crippen LogP) is 0.435. The molecule has 1 amide bonds. The van der Waals surface area contributed by atoms with Crippen LogP contribution in [0.3, 0.4) is 0 Å². The van der Waals surface area contributed by atoms with Crippen LogP contribution in [0.1, 0.15) is 20.3 Å². The first kappa shape index (κ1) is 10.4. The average molecular weight is 174 g/mol. The van der Waals surface area contributed by atoms with Gasteiger partial charge in [0.05, 0.1) is 10.9 Å². The van der Waals surface area contributed by atoms with Gasteiger partial charge in [0, 0.05) is 6.54 Å². The molecule has 0 aromatic heterocycles. The molecule has 3 nitrogen and oxygen atoms in total. The number of rotatable bonds is 4. The molecule has 0 rings (SSSR count). The quantitative estimate of drug-likeness (QED) is 0.608. The molecule has 64 valence electrons. The molecule has 0 bridgehead atoms. The van der Waals surface area contributed by atoms with E-state index in [-0.39, 0.29) is 16.8 Å². The molecule has 0 saturated heterocycles. The second kappa shape index (κ2) is 5.07. The molecule has 0 aliphatic heterocycles. The van der Waals surface area contributed by atoms with E-state index in [0.717, 1.165) is 6.42 Å². The van der Waals surface area contributed by atoms with Crippen LogP contribution in [0.15, 0.2) is 0 Å². The first-order valence-electron chi connectivity index (χ1n) is 3.66. The van der Waals surface area contributed by atoms with Gasteiger partial charge in [0.15, 0.2) is 0 Å². The number of hydrogen-bond donors (Lipinski definition) is 2. The Balaban J connectivity index is 3.74. The Morgan fingerprint density at radius 3 is 2.64 bits per heavy atom. The largest absolute Gasteiger partial charge is 0.393 e. The van der Waals surface area contributed by atoms with Crippen LogP contribution in [-0.4, -0.2) is 17.4 Å². The molecule has 1 atom stereocenters. The molecule has 4 heteroatoms. The van der Waals surface area contributed by atoms with Crippen LogP contribution in [-0.2, 0) is 4.79 Å². The fraction of sp³-hybridized carbons (Fsp3) is 0.714. The van der Waals surface area contributed by atoms with Crippen LogP contribution in [0.25, 0.3) is 0 Å². The highest BCUT2D eigenvalue weighted by Gasteiger charge is 2.13. The van der Waals surface area contributed by atoms with Crippen molar-refractivity contribution in [3.63, 3.8) is 0 Å². The fourth-order valence-electron chi connectivity index (χ4n) is 0.530. The van der Waals surface area contributed by atoms with Gasteiger partial charge < -0.3 is 11.1 Å². The number of carbonyl (C=O) groups is 1. The van der Waals surface area contributed by atoms with Crippen molar-refractivity contribution in [3.05, 3.63) is 0 Å². The first-order valence-corrected chi connectivity index (χ1v) is 4.07. The third-order valence-electron chi connectivity index (χ3n) is 1.37. The molecule has 1 unspecified atom stereocenters. The molecular formula is C7H14N2OS. The zero-order valence-corrected chi connectivity index (χ0v) is 7.70. The van der Waals surface area contributed by atoms with Crippen molar-refractivity contribution in [2.75, 3.05) is 6.54 Å². The minimum Gasteiger partial charge on any atom is -0.393 e. The van der Waals surface area contributed by atoms with E-state index in [1.54, 1.807) is 6.92 Å². The third-order valence-corrected chi connectivity index (χ3v) is 1.72. The van der Waals surface area contributed by atoms with Gasteiger partial charge in [0.1, 0.15) is 0 Å². The zero-order valence-electron chi connectivity index (χ0n) is 6.89. The van der Waals surface area contributed by atoms with E-state index < -0.39 is 0 Å². The first-order chi connectivity index (χ1) is 5.09. The number of nitrogens with two attached hydrogens (primary N) is 1. The average Bonchev–Trinajstić information content (AvgIpc) is 1.98. The van der Waals surface area contributed by atoms with E-state index in [2.05, 4.69) is 17.5 Å². The number of nitrogens with one attached hydrogen (secondary N) is 1. The van der Waals surface area contributed by atoms with Gasteiger partial charge in [0.2, 0.25) is 5.91 Å². The van der Waals surface area contributed by atoms with Crippen LogP contribution in [0.4, 0.5) is 0 Å². The van der Waals surface area contributed by atoms with Gasteiger partial charge in [-0.1, -0.05) is 19.1 Å². The lowest BCUT2D eigenvalue weighted by Crippen LogP contribution is -2.36. The van der Waals surface area contributed by atoms with Crippen LogP contribution in [0.5, 0.6) is 0 Å². The number of amides is 1. The highest BCUT2D eigenvalue weighted by atomic mass is 32.1. The van der Waals surface area contributed by atoms with Gasteiger partial charge in [-0.15, -0.1) is 0 Å². The summed E-state index contributed by atoms with van der Waals surface area (Å²) in [6.07, 6.45) is 0.926. The molecule has 0 aromatic carbocycles. The molecule has 11 heavy (non-hydrogen) atoms. The van der Waals surface area contributed by atoms with Gasteiger partial charge in [-0.2, -0.15) is 0 Å². The maximum Gasteiger partial charge on any atom is 0.229 e. The van der Waals surface area contributed by atoms with Crippen molar-refractivity contribution < 1.29 is 4.79 Å². The third kappa shape index (κ3) is 3.93. The molecule has 0 aliphatic rings. The summed E-state index contributed by atoms with van der Waals surface area (Å²) in [6, 6.07) is 0. The maximum absolute atomic E-state index is 11.1. The minimum atomic E-state index is -0.350. The van der Waals surface area contributed by atoms with E-state index in [1.165, 1.54) is 0 Å². The maximum atomic E-state index is 11.1. The Morgan fingerprint density at radius 1 is 1.73 bits per heavy atom. The summed E-state index contributed by atoms with van der Waals surface area (Å²) in [4.78, 5) is 11.3. The van der Waals surface area contributed by atoms with Crippen molar-refractivity contribution in [1.82, 2.24) is 5.32 Å². The Kier molecular flexibility index (Phi) is 4.77. The molecule has 0 heterocycles. The highest BCUT2D eigenvalue weighted by Crippen LogP contribution is 1.94. The molecule has 0 aliphatic carbocycles. The number of carbonyl (C=O) groups excluding carboxylic acids is 1. The Labute approximate surface area is 72.3 Å². The van der Waals surface area contributed by atoms with Crippen LogP contribution >= 0.6 is 12.2 Å². The zero-order chi connectivity index (χ0) is 8.85. The lowest BCUT2D eigenvalue weighted by molar-refractivity contribution is -0.122. The molecular weight excluding hydrogens is 160 g/mol. The molecule has 0 spiro atoms. The van der Waals surface area contributed by atoms with Gasteiger partial charge in [-0.05, 0) is 13.3 Å². The standard InChI is InChI=1S/C7H14N2OS/c1-3-4-9-7(10)5(2)6(8)11/h5H,3-4H2,1-2H3,(H2,8,11)(H,9,10). The van der Waals surface area contributed by atoms with Crippen LogP contribution in [0.2, 0.25) is 0 Å². The van der Waals surface area contributed by atoms with E-state index in [1.807, 2.05) is 6.92 Å². The fourth-order valence-corrected chi connectivity index (χ4v) is 0.638.